The zero-order valence-corrected chi connectivity index (χ0v) is 13.1. The number of halogens is 2. The molecule has 0 saturated carbocycles. The van der Waals surface area contributed by atoms with Gasteiger partial charge in [0.25, 0.3) is 10.0 Å². The number of hydrogen-bond donors (Lipinski definition) is 0. The van der Waals surface area contributed by atoms with Crippen molar-refractivity contribution in [3.05, 3.63) is 58.6 Å². The Balaban J connectivity index is 2.56. The van der Waals surface area contributed by atoms with Crippen LogP contribution in [0.25, 0.3) is 0 Å². The molecule has 0 amide bonds. The van der Waals surface area contributed by atoms with Crippen LogP contribution in [0.5, 0.6) is 0 Å². The summed E-state index contributed by atoms with van der Waals surface area (Å²) in [6.45, 7) is 2.01. The maximum absolute atomic E-state index is 12.7. The van der Waals surface area contributed by atoms with Crippen molar-refractivity contribution in [1.29, 1.82) is 0 Å². The van der Waals surface area contributed by atoms with Crippen molar-refractivity contribution < 1.29 is 8.42 Å². The van der Waals surface area contributed by atoms with Gasteiger partial charge in [-0.15, -0.1) is 0 Å². The van der Waals surface area contributed by atoms with Crippen LogP contribution in [0.1, 0.15) is 6.92 Å². The molecule has 106 valence electrons. The van der Waals surface area contributed by atoms with Crippen molar-refractivity contribution in [3.63, 3.8) is 0 Å². The summed E-state index contributed by atoms with van der Waals surface area (Å²) in [7, 11) is -3.65. The van der Waals surface area contributed by atoms with Crippen molar-refractivity contribution in [3.8, 4) is 0 Å². The molecule has 0 spiro atoms. The van der Waals surface area contributed by atoms with Gasteiger partial charge in [-0.2, -0.15) is 0 Å². The summed E-state index contributed by atoms with van der Waals surface area (Å²) < 4.78 is 26.5. The molecule has 0 radical (unpaired) electrons. The fraction of sp³-hybridized carbons (Fsp3) is 0.143. The minimum Gasteiger partial charge on any atom is -0.265 e. The highest BCUT2D eigenvalue weighted by molar-refractivity contribution is 7.92. The molecular formula is C14H13Cl2NO2S. The lowest BCUT2D eigenvalue weighted by molar-refractivity contribution is 0.592. The molecule has 0 heterocycles. The Kier molecular flexibility index (Phi) is 4.58. The Bertz CT molecular complexity index is 702. The third kappa shape index (κ3) is 2.77. The molecular weight excluding hydrogens is 317 g/mol. The first-order valence-electron chi connectivity index (χ1n) is 6.00. The van der Waals surface area contributed by atoms with Crippen LogP contribution in [0.3, 0.4) is 0 Å². The first-order chi connectivity index (χ1) is 9.48. The lowest BCUT2D eigenvalue weighted by Crippen LogP contribution is -2.31. The maximum Gasteiger partial charge on any atom is 0.264 e. The van der Waals surface area contributed by atoms with Crippen LogP contribution < -0.4 is 4.31 Å². The molecule has 0 fully saturated rings. The highest BCUT2D eigenvalue weighted by atomic mass is 35.5. The molecule has 0 aliphatic rings. The summed E-state index contributed by atoms with van der Waals surface area (Å²) in [5.74, 6) is 0. The first-order valence-corrected chi connectivity index (χ1v) is 8.20. The van der Waals surface area contributed by atoms with Crippen LogP contribution >= 0.6 is 23.2 Å². The second kappa shape index (κ2) is 6.04. The summed E-state index contributed by atoms with van der Waals surface area (Å²) in [4.78, 5) is 0.220. The van der Waals surface area contributed by atoms with Gasteiger partial charge in [0.2, 0.25) is 0 Å². The number of benzene rings is 2. The molecule has 0 aromatic heterocycles. The SMILES string of the molecule is CCN(c1cccc(Cl)c1Cl)S(=O)(=O)c1ccccc1. The second-order valence-corrected chi connectivity index (χ2v) is 6.70. The lowest BCUT2D eigenvalue weighted by atomic mass is 10.3. The van der Waals surface area contributed by atoms with E-state index in [4.69, 9.17) is 23.2 Å². The summed E-state index contributed by atoms with van der Waals surface area (Å²) in [5.41, 5.74) is 0.380. The number of anilines is 1. The highest BCUT2D eigenvalue weighted by Gasteiger charge is 2.25. The molecule has 2 aromatic rings. The van der Waals surface area contributed by atoms with Crippen LogP contribution in [-0.2, 0) is 10.0 Å². The van der Waals surface area contributed by atoms with Gasteiger partial charge in [0.1, 0.15) is 0 Å². The van der Waals surface area contributed by atoms with Gasteiger partial charge in [0.15, 0.2) is 0 Å². The zero-order valence-electron chi connectivity index (χ0n) is 10.8. The molecule has 0 atom stereocenters. The van der Waals surface area contributed by atoms with Crippen molar-refractivity contribution in [2.45, 2.75) is 11.8 Å². The van der Waals surface area contributed by atoms with E-state index >= 15 is 0 Å². The quantitative estimate of drug-likeness (QED) is 0.842. The van der Waals surface area contributed by atoms with E-state index < -0.39 is 10.0 Å². The topological polar surface area (TPSA) is 37.4 Å². The maximum atomic E-state index is 12.7. The van der Waals surface area contributed by atoms with Crippen LogP contribution in [-0.4, -0.2) is 15.0 Å². The molecule has 0 N–H and O–H groups in total. The number of hydrogen-bond acceptors (Lipinski definition) is 2. The Labute approximate surface area is 128 Å². The van der Waals surface area contributed by atoms with E-state index in [0.29, 0.717) is 10.7 Å². The van der Waals surface area contributed by atoms with Crippen molar-refractivity contribution >= 4 is 38.9 Å². The van der Waals surface area contributed by atoms with E-state index in [0.717, 1.165) is 0 Å². The number of nitrogens with zero attached hydrogens (tertiary/aromatic N) is 1. The fourth-order valence-electron chi connectivity index (χ4n) is 1.87. The smallest absolute Gasteiger partial charge is 0.264 e. The minimum atomic E-state index is -3.65. The van der Waals surface area contributed by atoms with Crippen molar-refractivity contribution in [2.75, 3.05) is 10.8 Å². The van der Waals surface area contributed by atoms with Crippen LogP contribution in [0.15, 0.2) is 53.4 Å². The van der Waals surface area contributed by atoms with Gasteiger partial charge in [0.05, 0.1) is 20.6 Å². The van der Waals surface area contributed by atoms with E-state index in [9.17, 15) is 8.42 Å². The van der Waals surface area contributed by atoms with E-state index in [1.54, 1.807) is 55.5 Å². The van der Waals surface area contributed by atoms with Crippen molar-refractivity contribution in [1.82, 2.24) is 0 Å². The third-order valence-corrected chi connectivity index (χ3v) is 5.53. The minimum absolute atomic E-state index is 0.220. The molecule has 0 aliphatic carbocycles. The molecule has 0 unspecified atom stereocenters. The molecule has 3 nitrogen and oxygen atoms in total. The normalized spacial score (nSPS) is 11.3. The summed E-state index contributed by atoms with van der Waals surface area (Å²) >= 11 is 12.1. The molecule has 20 heavy (non-hydrogen) atoms. The van der Waals surface area contributed by atoms with E-state index in [-0.39, 0.29) is 16.5 Å². The van der Waals surface area contributed by atoms with E-state index in [2.05, 4.69) is 0 Å². The molecule has 0 bridgehead atoms. The average Bonchev–Trinajstić information content (AvgIpc) is 2.45. The monoisotopic (exact) mass is 329 g/mol. The molecule has 0 saturated heterocycles. The third-order valence-electron chi connectivity index (χ3n) is 2.82. The van der Waals surface area contributed by atoms with Crippen molar-refractivity contribution in [2.24, 2.45) is 0 Å². The molecule has 2 aromatic carbocycles. The van der Waals surface area contributed by atoms with Gasteiger partial charge in [-0.05, 0) is 31.2 Å². The van der Waals surface area contributed by atoms with Crippen LogP contribution in [0, 0.1) is 0 Å². The van der Waals surface area contributed by atoms with Gasteiger partial charge >= 0.3 is 0 Å². The van der Waals surface area contributed by atoms with Gasteiger partial charge in [-0.25, -0.2) is 8.42 Å². The Morgan fingerprint density at radius 1 is 1.00 bits per heavy atom. The molecule has 0 aliphatic heterocycles. The van der Waals surface area contributed by atoms with Gasteiger partial charge < -0.3 is 0 Å². The predicted molar refractivity (Wildman–Crippen MR) is 83.1 cm³/mol. The number of rotatable bonds is 4. The molecule has 2 rings (SSSR count). The lowest BCUT2D eigenvalue weighted by Gasteiger charge is -2.24. The summed E-state index contributed by atoms with van der Waals surface area (Å²) in [5, 5.41) is 0.557. The van der Waals surface area contributed by atoms with Gasteiger partial charge in [-0.1, -0.05) is 47.5 Å². The highest BCUT2D eigenvalue weighted by Crippen LogP contribution is 2.35. The van der Waals surface area contributed by atoms with Crippen LogP contribution in [0.4, 0.5) is 5.69 Å². The van der Waals surface area contributed by atoms with Gasteiger partial charge in [0, 0.05) is 6.54 Å². The standard InChI is InChI=1S/C14H13Cl2NO2S/c1-2-17(13-10-6-9-12(15)14(13)16)20(18,19)11-7-4-3-5-8-11/h3-10H,2H2,1H3. The fourth-order valence-corrected chi connectivity index (χ4v) is 3.83. The van der Waals surface area contributed by atoms with E-state index in [1.807, 2.05) is 0 Å². The Hall–Kier alpha value is -1.23. The Morgan fingerprint density at radius 3 is 2.25 bits per heavy atom. The van der Waals surface area contributed by atoms with Gasteiger partial charge in [-0.3, -0.25) is 4.31 Å². The molecule has 6 heteroatoms. The Morgan fingerprint density at radius 2 is 1.65 bits per heavy atom. The predicted octanol–water partition coefficient (Wildman–Crippen LogP) is 4.21. The summed E-state index contributed by atoms with van der Waals surface area (Å²) in [6, 6.07) is 13.2. The zero-order chi connectivity index (χ0) is 14.8. The number of sulfonamides is 1. The second-order valence-electron chi connectivity index (χ2n) is 4.06. The summed E-state index contributed by atoms with van der Waals surface area (Å²) in [6.07, 6.45) is 0. The van der Waals surface area contributed by atoms with E-state index in [1.165, 1.54) is 4.31 Å². The first kappa shape index (κ1) is 15.2. The van der Waals surface area contributed by atoms with Crippen LogP contribution in [0.2, 0.25) is 10.0 Å². The average molecular weight is 330 g/mol. The largest absolute Gasteiger partial charge is 0.265 e.